The monoisotopic (exact) mass is 535 g/mol. The normalized spacial score (nSPS) is 10.8. The third-order valence-electron chi connectivity index (χ3n) is 5.05. The Balaban J connectivity index is 1.67. The average Bonchev–Trinajstić information content (AvgIpc) is 3.26. The molecule has 0 amide bonds. The van der Waals surface area contributed by atoms with Crippen LogP contribution in [0.2, 0.25) is 0 Å². The van der Waals surface area contributed by atoms with Crippen molar-refractivity contribution in [2.75, 3.05) is 26.4 Å². The van der Waals surface area contributed by atoms with E-state index >= 15 is 0 Å². The van der Waals surface area contributed by atoms with Crippen LogP contribution in [0.1, 0.15) is 28.3 Å². The van der Waals surface area contributed by atoms with Crippen molar-refractivity contribution in [2.45, 2.75) is 31.8 Å². The van der Waals surface area contributed by atoms with Crippen molar-refractivity contribution in [2.24, 2.45) is 5.14 Å². The molecule has 0 bridgehead atoms. The minimum atomic E-state index is -0.979. The number of nitrogens with two attached hydrogens (primary N) is 1. The van der Waals surface area contributed by atoms with E-state index in [9.17, 15) is 19.3 Å². The standard InChI is InChI=1S/C23H26FN5O7S/c1-15-3-4-16(2)17(11-15)12-22-26-21(27-28(22)20-6-5-18(37-25)13-19(20)24)14-35-23(30)34-9-7-33-8-10-36-29(31)32/h3-6,11,13H,7-10,12,14,25H2,1-2H3. The number of aryl methyl sites for hydroxylation is 2. The van der Waals surface area contributed by atoms with Crippen LogP contribution in [-0.4, -0.2) is 52.4 Å². The molecular formula is C23H26FN5O7S. The van der Waals surface area contributed by atoms with Crippen LogP contribution < -0.4 is 5.14 Å². The number of halogens is 1. The van der Waals surface area contributed by atoms with Gasteiger partial charge in [-0.3, -0.25) is 5.14 Å². The molecule has 37 heavy (non-hydrogen) atoms. The summed E-state index contributed by atoms with van der Waals surface area (Å²) in [6, 6.07) is 10.6. The first-order valence-corrected chi connectivity index (χ1v) is 12.0. The van der Waals surface area contributed by atoms with Crippen molar-refractivity contribution in [1.29, 1.82) is 0 Å². The molecule has 3 aromatic rings. The molecule has 0 aliphatic rings. The highest BCUT2D eigenvalue weighted by atomic mass is 32.2. The first-order valence-electron chi connectivity index (χ1n) is 11.1. The molecule has 3 rings (SSSR count). The van der Waals surface area contributed by atoms with Gasteiger partial charge in [0.1, 0.15) is 30.5 Å². The summed E-state index contributed by atoms with van der Waals surface area (Å²) in [5.74, 6) is 0.0817. The quantitative estimate of drug-likeness (QED) is 0.112. The Bertz CT molecular complexity index is 1240. The molecule has 2 N–H and O–H groups in total. The second kappa shape index (κ2) is 13.5. The maximum Gasteiger partial charge on any atom is 0.508 e. The molecule has 0 radical (unpaired) electrons. The van der Waals surface area contributed by atoms with Crippen LogP contribution in [0.3, 0.4) is 0 Å². The van der Waals surface area contributed by atoms with Gasteiger partial charge in [-0.05, 0) is 55.1 Å². The third-order valence-corrected chi connectivity index (χ3v) is 5.57. The molecule has 0 aliphatic carbocycles. The number of rotatable bonds is 13. The van der Waals surface area contributed by atoms with Gasteiger partial charge >= 0.3 is 6.16 Å². The first kappa shape index (κ1) is 27.8. The molecule has 12 nitrogen and oxygen atoms in total. The van der Waals surface area contributed by atoms with E-state index < -0.39 is 17.1 Å². The lowest BCUT2D eigenvalue weighted by molar-refractivity contribution is -0.758. The Kier molecular flexibility index (Phi) is 10.2. The average molecular weight is 536 g/mol. The summed E-state index contributed by atoms with van der Waals surface area (Å²) < 4.78 is 31.3. The van der Waals surface area contributed by atoms with Gasteiger partial charge in [0.05, 0.1) is 13.2 Å². The van der Waals surface area contributed by atoms with Gasteiger partial charge in [-0.1, -0.05) is 23.8 Å². The predicted molar refractivity (Wildman–Crippen MR) is 130 cm³/mol. The summed E-state index contributed by atoms with van der Waals surface area (Å²) in [5, 5.41) is 19.0. The van der Waals surface area contributed by atoms with Crippen molar-refractivity contribution in [3.63, 3.8) is 0 Å². The number of nitrogens with zero attached hydrogens (tertiary/aromatic N) is 4. The number of aromatic nitrogens is 3. The zero-order chi connectivity index (χ0) is 26.8. The molecule has 1 heterocycles. The molecule has 198 valence electrons. The van der Waals surface area contributed by atoms with Crippen LogP contribution in [0.25, 0.3) is 5.69 Å². The zero-order valence-corrected chi connectivity index (χ0v) is 21.0. The van der Waals surface area contributed by atoms with Crippen molar-refractivity contribution in [1.82, 2.24) is 14.8 Å². The van der Waals surface area contributed by atoms with Gasteiger partial charge in [0.15, 0.2) is 12.4 Å². The van der Waals surface area contributed by atoms with E-state index in [1.165, 1.54) is 10.7 Å². The fraction of sp³-hybridized carbons (Fsp3) is 0.348. The van der Waals surface area contributed by atoms with Gasteiger partial charge in [-0.15, -0.1) is 15.2 Å². The number of carbonyl (C=O) groups excluding carboxylic acids is 1. The van der Waals surface area contributed by atoms with E-state index in [2.05, 4.69) is 14.9 Å². The van der Waals surface area contributed by atoms with Crippen LogP contribution in [0, 0.1) is 29.8 Å². The lowest BCUT2D eigenvalue weighted by atomic mass is 10.0. The first-order chi connectivity index (χ1) is 17.8. The molecule has 0 saturated carbocycles. The topological polar surface area (TPSA) is 154 Å². The summed E-state index contributed by atoms with van der Waals surface area (Å²) in [6.45, 7) is 3.25. The summed E-state index contributed by atoms with van der Waals surface area (Å²) in [7, 11) is 0. The molecule has 1 aromatic heterocycles. The number of hydrogen-bond donors (Lipinski definition) is 1. The Morgan fingerprint density at radius 2 is 1.92 bits per heavy atom. The summed E-state index contributed by atoms with van der Waals surface area (Å²) in [5.41, 5.74) is 3.29. The SMILES string of the molecule is Cc1ccc(C)c(Cc2nc(COC(=O)OCCOCCO[N+](=O)[O-])nn2-c2ccc(SN)cc2F)c1. The summed E-state index contributed by atoms with van der Waals surface area (Å²) in [4.78, 5) is 31.1. The Labute approximate surface area is 216 Å². The molecule has 0 fully saturated rings. The highest BCUT2D eigenvalue weighted by Gasteiger charge is 2.18. The number of carbonyl (C=O) groups is 1. The molecular weight excluding hydrogens is 509 g/mol. The molecule has 0 atom stereocenters. The van der Waals surface area contributed by atoms with E-state index in [0.717, 1.165) is 28.6 Å². The van der Waals surface area contributed by atoms with Crippen LogP contribution in [0.4, 0.5) is 9.18 Å². The fourth-order valence-corrected chi connectivity index (χ4v) is 3.59. The van der Waals surface area contributed by atoms with Crippen LogP contribution in [0.5, 0.6) is 0 Å². The van der Waals surface area contributed by atoms with E-state index in [4.69, 9.17) is 19.3 Å². The highest BCUT2D eigenvalue weighted by molar-refractivity contribution is 7.97. The Morgan fingerprint density at radius 3 is 2.65 bits per heavy atom. The second-order valence-corrected chi connectivity index (χ2v) is 8.46. The Morgan fingerprint density at radius 1 is 1.14 bits per heavy atom. The van der Waals surface area contributed by atoms with Gasteiger partial charge < -0.3 is 19.0 Å². The highest BCUT2D eigenvalue weighted by Crippen LogP contribution is 2.23. The molecule has 2 aromatic carbocycles. The van der Waals surface area contributed by atoms with Crippen molar-refractivity contribution < 1.29 is 33.3 Å². The molecule has 0 saturated heterocycles. The van der Waals surface area contributed by atoms with Crippen LogP contribution >= 0.6 is 11.9 Å². The Hall–Kier alpha value is -3.75. The van der Waals surface area contributed by atoms with Crippen molar-refractivity contribution >= 4 is 18.1 Å². The van der Waals surface area contributed by atoms with Crippen LogP contribution in [-0.2, 0) is 32.1 Å². The molecule has 14 heteroatoms. The third kappa shape index (κ3) is 8.41. The van der Waals surface area contributed by atoms with Gasteiger partial charge in [0.25, 0.3) is 5.09 Å². The molecule has 0 spiro atoms. The summed E-state index contributed by atoms with van der Waals surface area (Å²) >= 11 is 0.928. The lowest BCUT2D eigenvalue weighted by Crippen LogP contribution is -2.15. The minimum Gasteiger partial charge on any atom is -0.432 e. The number of hydrogen-bond acceptors (Lipinski definition) is 11. The zero-order valence-electron chi connectivity index (χ0n) is 20.2. The largest absolute Gasteiger partial charge is 0.508 e. The summed E-state index contributed by atoms with van der Waals surface area (Å²) in [6.07, 6.45) is -0.608. The van der Waals surface area contributed by atoms with Gasteiger partial charge in [-0.2, -0.15) is 0 Å². The molecule has 0 unspecified atom stereocenters. The minimum absolute atomic E-state index is 0.000594. The maximum absolute atomic E-state index is 14.9. The number of ether oxygens (including phenoxy) is 3. The van der Waals surface area contributed by atoms with E-state index in [1.807, 2.05) is 32.0 Å². The second-order valence-electron chi connectivity index (χ2n) is 7.75. The van der Waals surface area contributed by atoms with Crippen LogP contribution in [0.15, 0.2) is 41.3 Å². The van der Waals surface area contributed by atoms with Crippen molar-refractivity contribution in [3.8, 4) is 5.69 Å². The predicted octanol–water partition coefficient (Wildman–Crippen LogP) is 3.46. The molecule has 0 aliphatic heterocycles. The smallest absolute Gasteiger partial charge is 0.432 e. The van der Waals surface area contributed by atoms with Gasteiger partial charge in [-0.25, -0.2) is 18.9 Å². The number of benzene rings is 2. The van der Waals surface area contributed by atoms with Gasteiger partial charge in [0.2, 0.25) is 0 Å². The van der Waals surface area contributed by atoms with E-state index in [-0.39, 0.29) is 44.5 Å². The maximum atomic E-state index is 14.9. The van der Waals surface area contributed by atoms with E-state index in [0.29, 0.717) is 17.1 Å². The van der Waals surface area contributed by atoms with Gasteiger partial charge in [0, 0.05) is 11.3 Å². The lowest BCUT2D eigenvalue weighted by Gasteiger charge is -2.10. The van der Waals surface area contributed by atoms with Crippen molar-refractivity contribution in [3.05, 3.63) is 80.7 Å². The van der Waals surface area contributed by atoms with E-state index in [1.54, 1.807) is 12.1 Å². The fourth-order valence-electron chi connectivity index (χ4n) is 3.28.